The molecule has 2 rings (SSSR count). The number of unbranched alkanes of at least 4 members (excludes halogenated alkanes) is 12. The van der Waals surface area contributed by atoms with E-state index in [-0.39, 0.29) is 0 Å². The van der Waals surface area contributed by atoms with Crippen molar-refractivity contribution in [3.05, 3.63) is 53.6 Å². The number of phenolic OH excluding ortho intramolecular Hbond substituents is 1. The van der Waals surface area contributed by atoms with Crippen LogP contribution in [-0.2, 0) is 12.8 Å². The lowest BCUT2D eigenvalue weighted by Gasteiger charge is -2.17. The highest BCUT2D eigenvalue weighted by molar-refractivity contribution is 5.75. The Labute approximate surface area is 192 Å². The number of hydrogen-bond donors (Lipinski definition) is 1. The summed E-state index contributed by atoms with van der Waals surface area (Å²) in [4.78, 5) is 0. The lowest BCUT2D eigenvalue weighted by atomic mass is 9.88. The second-order valence-electron chi connectivity index (χ2n) is 9.21. The van der Waals surface area contributed by atoms with Gasteiger partial charge in [-0.1, -0.05) is 127 Å². The molecule has 0 aliphatic heterocycles. The first-order valence-electron chi connectivity index (χ1n) is 13.2. The van der Waals surface area contributed by atoms with E-state index in [2.05, 4.69) is 50.2 Å². The van der Waals surface area contributed by atoms with E-state index >= 15 is 0 Å². The maximum atomic E-state index is 10.8. The summed E-state index contributed by atoms with van der Waals surface area (Å²) in [5, 5.41) is 10.8. The van der Waals surface area contributed by atoms with Gasteiger partial charge in [0.15, 0.2) is 0 Å². The molecule has 0 aliphatic rings. The van der Waals surface area contributed by atoms with Crippen LogP contribution >= 0.6 is 0 Å². The molecule has 0 spiro atoms. The number of phenols is 1. The van der Waals surface area contributed by atoms with Gasteiger partial charge in [-0.3, -0.25) is 0 Å². The first-order chi connectivity index (χ1) is 15.3. The molecule has 1 nitrogen and oxygen atoms in total. The van der Waals surface area contributed by atoms with Crippen molar-refractivity contribution in [1.29, 1.82) is 0 Å². The molecule has 0 fully saturated rings. The number of rotatable bonds is 17. The molecule has 0 unspecified atom stereocenters. The molecule has 0 bridgehead atoms. The lowest BCUT2D eigenvalue weighted by molar-refractivity contribution is 0.476. The predicted octanol–water partition coefficient (Wildman–Crippen LogP) is 9.65. The molecule has 2 aromatic rings. The van der Waals surface area contributed by atoms with E-state index in [9.17, 15) is 5.11 Å². The average molecular weight is 423 g/mol. The van der Waals surface area contributed by atoms with Gasteiger partial charge in [-0.15, -0.1) is 0 Å². The van der Waals surface area contributed by atoms with E-state index in [4.69, 9.17) is 0 Å². The Bertz CT molecular complexity index is 704. The van der Waals surface area contributed by atoms with E-state index < -0.39 is 0 Å². The fourth-order valence-corrected chi connectivity index (χ4v) is 4.66. The first-order valence-corrected chi connectivity index (χ1v) is 13.2. The van der Waals surface area contributed by atoms with Gasteiger partial charge in [-0.25, -0.2) is 0 Å². The van der Waals surface area contributed by atoms with Crippen LogP contribution in [0.25, 0.3) is 11.1 Å². The molecule has 0 aromatic heterocycles. The van der Waals surface area contributed by atoms with Gasteiger partial charge >= 0.3 is 0 Å². The molecule has 0 aliphatic carbocycles. The molecule has 31 heavy (non-hydrogen) atoms. The van der Waals surface area contributed by atoms with Gasteiger partial charge in [0.05, 0.1) is 0 Å². The predicted molar refractivity (Wildman–Crippen MR) is 137 cm³/mol. The van der Waals surface area contributed by atoms with E-state index in [1.807, 2.05) is 6.07 Å². The van der Waals surface area contributed by atoms with Gasteiger partial charge in [0.1, 0.15) is 5.75 Å². The zero-order chi connectivity index (χ0) is 22.2. The topological polar surface area (TPSA) is 20.2 Å². The van der Waals surface area contributed by atoms with Crippen molar-refractivity contribution in [2.24, 2.45) is 0 Å². The first kappa shape index (κ1) is 25.5. The SMILES string of the molecule is CCCCCCCCCCc1c(CCCCCCCC)ccc(O)c1-c1ccccc1. The molecule has 0 amide bonds. The molecule has 0 saturated heterocycles. The maximum Gasteiger partial charge on any atom is 0.123 e. The standard InChI is InChI=1S/C30H46O/c1-3-5-7-9-11-12-14-19-23-28-26(20-16-13-10-8-6-4-2)24-25-29(31)30(28)27-21-17-15-18-22-27/h15,17-18,21-22,24-25,31H,3-14,16,19-20,23H2,1-2H3. The second-order valence-corrected chi connectivity index (χ2v) is 9.21. The van der Waals surface area contributed by atoms with Gasteiger partial charge in [-0.05, 0) is 48.4 Å². The van der Waals surface area contributed by atoms with Crippen LogP contribution < -0.4 is 0 Å². The number of aromatic hydroxyl groups is 1. The monoisotopic (exact) mass is 422 g/mol. The van der Waals surface area contributed by atoms with Crippen molar-refractivity contribution < 1.29 is 5.11 Å². The fourth-order valence-electron chi connectivity index (χ4n) is 4.66. The lowest BCUT2D eigenvalue weighted by Crippen LogP contribution is -2.00. The number of aryl methyl sites for hydroxylation is 1. The van der Waals surface area contributed by atoms with Gasteiger partial charge < -0.3 is 5.11 Å². The van der Waals surface area contributed by atoms with Crippen LogP contribution in [0, 0.1) is 0 Å². The third-order valence-corrected chi connectivity index (χ3v) is 6.53. The summed E-state index contributed by atoms with van der Waals surface area (Å²) in [6.45, 7) is 4.56. The summed E-state index contributed by atoms with van der Waals surface area (Å²) >= 11 is 0. The van der Waals surface area contributed by atoms with Gasteiger partial charge in [-0.2, -0.15) is 0 Å². The molecule has 0 atom stereocenters. The molecule has 0 heterocycles. The van der Waals surface area contributed by atoms with E-state index in [0.29, 0.717) is 5.75 Å². The van der Waals surface area contributed by atoms with Crippen LogP contribution in [0.15, 0.2) is 42.5 Å². The summed E-state index contributed by atoms with van der Waals surface area (Å²) in [6.07, 6.45) is 20.9. The summed E-state index contributed by atoms with van der Waals surface area (Å²) in [7, 11) is 0. The molecule has 0 saturated carbocycles. The number of hydrogen-bond acceptors (Lipinski definition) is 1. The third kappa shape index (κ3) is 9.50. The Kier molecular flexibility index (Phi) is 13.1. The summed E-state index contributed by atoms with van der Waals surface area (Å²) < 4.78 is 0. The van der Waals surface area contributed by atoms with E-state index in [1.165, 1.54) is 101 Å². The molecule has 0 radical (unpaired) electrons. The Morgan fingerprint density at radius 2 is 1.06 bits per heavy atom. The molecular weight excluding hydrogens is 376 g/mol. The normalized spacial score (nSPS) is 11.2. The Morgan fingerprint density at radius 3 is 1.65 bits per heavy atom. The molecule has 1 N–H and O–H groups in total. The van der Waals surface area contributed by atoms with Crippen LogP contribution in [0.3, 0.4) is 0 Å². The largest absolute Gasteiger partial charge is 0.507 e. The highest BCUT2D eigenvalue weighted by Gasteiger charge is 2.14. The van der Waals surface area contributed by atoms with Crippen molar-refractivity contribution in [3.63, 3.8) is 0 Å². The Balaban J connectivity index is 2.01. The quantitative estimate of drug-likeness (QED) is 0.251. The number of benzene rings is 2. The van der Waals surface area contributed by atoms with Crippen molar-refractivity contribution >= 4 is 0 Å². The third-order valence-electron chi connectivity index (χ3n) is 6.53. The van der Waals surface area contributed by atoms with Crippen molar-refractivity contribution in [3.8, 4) is 16.9 Å². The maximum absolute atomic E-state index is 10.8. The highest BCUT2D eigenvalue weighted by atomic mass is 16.3. The van der Waals surface area contributed by atoms with Crippen LogP contribution in [0.5, 0.6) is 5.75 Å². The zero-order valence-corrected chi connectivity index (χ0v) is 20.3. The van der Waals surface area contributed by atoms with E-state index in [1.54, 1.807) is 0 Å². The molecule has 172 valence electrons. The van der Waals surface area contributed by atoms with Crippen LogP contribution in [-0.4, -0.2) is 5.11 Å². The molecule has 2 aromatic carbocycles. The highest BCUT2D eigenvalue weighted by Crippen LogP contribution is 2.36. The minimum absolute atomic E-state index is 0.437. The minimum atomic E-state index is 0.437. The second kappa shape index (κ2) is 16.0. The smallest absolute Gasteiger partial charge is 0.123 e. The fraction of sp³-hybridized carbons (Fsp3) is 0.600. The Morgan fingerprint density at radius 1 is 0.548 bits per heavy atom. The van der Waals surface area contributed by atoms with Crippen molar-refractivity contribution in [2.45, 2.75) is 117 Å². The molecule has 1 heteroatoms. The van der Waals surface area contributed by atoms with Gasteiger partial charge in [0.25, 0.3) is 0 Å². The van der Waals surface area contributed by atoms with Crippen LogP contribution in [0.1, 0.15) is 115 Å². The van der Waals surface area contributed by atoms with Crippen molar-refractivity contribution in [1.82, 2.24) is 0 Å². The van der Waals surface area contributed by atoms with Gasteiger partial charge in [0.2, 0.25) is 0 Å². The zero-order valence-electron chi connectivity index (χ0n) is 20.3. The molecular formula is C30H46O. The Hall–Kier alpha value is -1.76. The van der Waals surface area contributed by atoms with Crippen LogP contribution in [0.4, 0.5) is 0 Å². The van der Waals surface area contributed by atoms with Crippen LogP contribution in [0.2, 0.25) is 0 Å². The van der Waals surface area contributed by atoms with E-state index in [0.717, 1.165) is 24.0 Å². The summed E-state index contributed by atoms with van der Waals surface area (Å²) in [6, 6.07) is 14.6. The summed E-state index contributed by atoms with van der Waals surface area (Å²) in [5.41, 5.74) is 5.08. The van der Waals surface area contributed by atoms with Crippen molar-refractivity contribution in [2.75, 3.05) is 0 Å². The average Bonchev–Trinajstić information content (AvgIpc) is 2.79. The minimum Gasteiger partial charge on any atom is -0.507 e. The summed E-state index contributed by atoms with van der Waals surface area (Å²) in [5.74, 6) is 0.437. The van der Waals surface area contributed by atoms with Gasteiger partial charge in [0, 0.05) is 5.56 Å².